The molecule has 2 aliphatic rings. The maximum absolute atomic E-state index is 12.3. The summed E-state index contributed by atoms with van der Waals surface area (Å²) in [5.74, 6) is 0.465. The van der Waals surface area contributed by atoms with Crippen LogP contribution in [0.3, 0.4) is 0 Å². The van der Waals surface area contributed by atoms with E-state index in [1.807, 2.05) is 36.5 Å². The zero-order valence-corrected chi connectivity index (χ0v) is 13.5. The number of ether oxygens (including phenoxy) is 1. The number of hydrogen-bond donors (Lipinski definition) is 2. The summed E-state index contributed by atoms with van der Waals surface area (Å²) in [6, 6.07) is 9.60. The number of fused-ring (bicyclic) bond motifs is 1. The molecule has 1 aliphatic heterocycles. The summed E-state index contributed by atoms with van der Waals surface area (Å²) in [6.07, 6.45) is 8.29. The number of rotatable bonds is 3. The van der Waals surface area contributed by atoms with Crippen LogP contribution in [0.1, 0.15) is 25.7 Å². The van der Waals surface area contributed by atoms with Crippen LogP contribution in [-0.4, -0.2) is 34.6 Å². The first-order valence-electron chi connectivity index (χ1n) is 8.59. The summed E-state index contributed by atoms with van der Waals surface area (Å²) in [4.78, 5) is 12.3. The van der Waals surface area contributed by atoms with E-state index in [2.05, 4.69) is 15.7 Å². The lowest BCUT2D eigenvalue weighted by atomic mass is 9.82. The van der Waals surface area contributed by atoms with Crippen molar-refractivity contribution in [2.75, 3.05) is 11.9 Å². The van der Waals surface area contributed by atoms with Crippen molar-refractivity contribution >= 4 is 11.7 Å². The van der Waals surface area contributed by atoms with Crippen LogP contribution in [0.2, 0.25) is 0 Å². The van der Waals surface area contributed by atoms with Gasteiger partial charge in [-0.15, -0.1) is 0 Å². The van der Waals surface area contributed by atoms with Crippen LogP contribution in [0.15, 0.2) is 42.7 Å². The molecule has 1 saturated carbocycles. The monoisotopic (exact) mass is 326 g/mol. The topological polar surface area (TPSA) is 68.2 Å². The Morgan fingerprint density at radius 2 is 2.08 bits per heavy atom. The maximum atomic E-state index is 12.3. The Bertz CT molecular complexity index is 684. The molecule has 2 N–H and O–H groups in total. The van der Waals surface area contributed by atoms with Crippen molar-refractivity contribution in [3.8, 4) is 5.69 Å². The first-order valence-corrected chi connectivity index (χ1v) is 8.59. The van der Waals surface area contributed by atoms with Crippen molar-refractivity contribution in [3.63, 3.8) is 0 Å². The van der Waals surface area contributed by atoms with Crippen LogP contribution in [0, 0.1) is 5.92 Å². The van der Waals surface area contributed by atoms with E-state index in [1.165, 1.54) is 0 Å². The third-order valence-electron chi connectivity index (χ3n) is 4.99. The zero-order valence-electron chi connectivity index (χ0n) is 13.5. The molecule has 3 unspecified atom stereocenters. The highest BCUT2D eigenvalue weighted by atomic mass is 16.5. The van der Waals surface area contributed by atoms with Gasteiger partial charge in [0.25, 0.3) is 0 Å². The molecule has 2 heterocycles. The smallest absolute Gasteiger partial charge is 0.319 e. The number of urea groups is 1. The van der Waals surface area contributed by atoms with E-state index in [-0.39, 0.29) is 12.1 Å². The highest BCUT2D eigenvalue weighted by Crippen LogP contribution is 2.34. The Kier molecular flexibility index (Phi) is 4.21. The van der Waals surface area contributed by atoms with Gasteiger partial charge >= 0.3 is 6.03 Å². The summed E-state index contributed by atoms with van der Waals surface area (Å²) in [5.41, 5.74) is 1.74. The number of aromatic nitrogens is 2. The number of amides is 2. The van der Waals surface area contributed by atoms with E-state index in [9.17, 15) is 4.79 Å². The molecule has 1 aliphatic carbocycles. The molecule has 6 nitrogen and oxygen atoms in total. The van der Waals surface area contributed by atoms with Crippen LogP contribution < -0.4 is 10.6 Å². The SMILES string of the molecule is O=C(Nc1ccc(-n2cccn2)cc1)NC1CCCC2OCCC12. The number of nitrogens with one attached hydrogen (secondary N) is 2. The van der Waals surface area contributed by atoms with E-state index >= 15 is 0 Å². The van der Waals surface area contributed by atoms with E-state index < -0.39 is 0 Å². The number of carbonyl (C=O) groups is 1. The third kappa shape index (κ3) is 3.14. The van der Waals surface area contributed by atoms with Gasteiger partial charge in [0.1, 0.15) is 0 Å². The minimum Gasteiger partial charge on any atom is -0.378 e. The van der Waals surface area contributed by atoms with Crippen LogP contribution >= 0.6 is 0 Å². The van der Waals surface area contributed by atoms with Gasteiger partial charge in [0, 0.05) is 36.6 Å². The van der Waals surface area contributed by atoms with Crippen molar-refractivity contribution in [1.82, 2.24) is 15.1 Å². The van der Waals surface area contributed by atoms with Gasteiger partial charge in [-0.2, -0.15) is 5.10 Å². The molecule has 2 amide bonds. The molecule has 2 fully saturated rings. The van der Waals surface area contributed by atoms with Crippen molar-refractivity contribution in [1.29, 1.82) is 0 Å². The quantitative estimate of drug-likeness (QED) is 0.911. The second-order valence-corrected chi connectivity index (χ2v) is 6.50. The second kappa shape index (κ2) is 6.65. The average molecular weight is 326 g/mol. The van der Waals surface area contributed by atoms with Gasteiger partial charge in [0.15, 0.2) is 0 Å². The van der Waals surface area contributed by atoms with Crippen LogP contribution in [0.25, 0.3) is 5.69 Å². The Labute approximate surface area is 141 Å². The number of carbonyl (C=O) groups excluding carboxylic acids is 1. The molecule has 4 rings (SSSR count). The fraction of sp³-hybridized carbons (Fsp3) is 0.444. The zero-order chi connectivity index (χ0) is 16.4. The maximum Gasteiger partial charge on any atom is 0.319 e. The summed E-state index contributed by atoms with van der Waals surface area (Å²) in [5, 5.41) is 10.2. The van der Waals surface area contributed by atoms with E-state index in [1.54, 1.807) is 10.9 Å². The summed E-state index contributed by atoms with van der Waals surface area (Å²) >= 11 is 0. The van der Waals surface area contributed by atoms with Gasteiger partial charge in [-0.05, 0) is 56.0 Å². The molecule has 1 aromatic carbocycles. The molecule has 24 heavy (non-hydrogen) atoms. The highest BCUT2D eigenvalue weighted by molar-refractivity contribution is 5.89. The molecule has 0 spiro atoms. The third-order valence-corrected chi connectivity index (χ3v) is 4.99. The summed E-state index contributed by atoms with van der Waals surface area (Å²) in [6.45, 7) is 0.823. The summed E-state index contributed by atoms with van der Waals surface area (Å²) < 4.78 is 7.54. The first kappa shape index (κ1) is 15.2. The lowest BCUT2D eigenvalue weighted by Gasteiger charge is -2.33. The van der Waals surface area contributed by atoms with Crippen molar-refractivity contribution < 1.29 is 9.53 Å². The molecule has 2 aromatic rings. The molecule has 0 bridgehead atoms. The minimum atomic E-state index is -0.139. The minimum absolute atomic E-state index is 0.139. The van der Waals surface area contributed by atoms with Gasteiger partial charge in [0.2, 0.25) is 0 Å². The van der Waals surface area contributed by atoms with Gasteiger partial charge in [-0.1, -0.05) is 0 Å². The molecular weight excluding hydrogens is 304 g/mol. The van der Waals surface area contributed by atoms with Gasteiger partial charge in [-0.3, -0.25) is 0 Å². The predicted octanol–water partition coefficient (Wildman–Crippen LogP) is 2.95. The van der Waals surface area contributed by atoms with Crippen molar-refractivity contribution in [2.45, 2.75) is 37.8 Å². The molecular formula is C18H22N4O2. The molecule has 126 valence electrons. The Morgan fingerprint density at radius 1 is 1.21 bits per heavy atom. The van der Waals surface area contributed by atoms with Crippen LogP contribution in [0.4, 0.5) is 10.5 Å². The van der Waals surface area contributed by atoms with E-state index in [0.717, 1.165) is 43.7 Å². The van der Waals surface area contributed by atoms with Crippen LogP contribution in [0.5, 0.6) is 0 Å². The number of nitrogens with zero attached hydrogens (tertiary/aromatic N) is 2. The van der Waals surface area contributed by atoms with Crippen LogP contribution in [-0.2, 0) is 4.74 Å². The lowest BCUT2D eigenvalue weighted by Crippen LogP contribution is -2.47. The fourth-order valence-electron chi connectivity index (χ4n) is 3.81. The first-order chi connectivity index (χ1) is 11.8. The summed E-state index contributed by atoms with van der Waals surface area (Å²) in [7, 11) is 0. The Morgan fingerprint density at radius 3 is 2.88 bits per heavy atom. The number of benzene rings is 1. The molecule has 1 aromatic heterocycles. The van der Waals surface area contributed by atoms with Gasteiger partial charge in [-0.25, -0.2) is 9.48 Å². The molecule has 1 saturated heterocycles. The largest absolute Gasteiger partial charge is 0.378 e. The Hall–Kier alpha value is -2.34. The van der Waals surface area contributed by atoms with E-state index in [0.29, 0.717) is 12.0 Å². The fourth-order valence-corrected chi connectivity index (χ4v) is 3.81. The van der Waals surface area contributed by atoms with Crippen molar-refractivity contribution in [3.05, 3.63) is 42.7 Å². The standard InChI is InChI=1S/C18H22N4O2/c23-18(21-16-3-1-4-17-15(16)9-12-24-17)20-13-5-7-14(8-6-13)22-11-2-10-19-22/h2,5-8,10-11,15-17H,1,3-4,9,12H2,(H2,20,21,23). The Balaban J connectivity index is 1.36. The molecule has 3 atom stereocenters. The average Bonchev–Trinajstić information content (AvgIpc) is 3.27. The highest BCUT2D eigenvalue weighted by Gasteiger charge is 2.38. The predicted molar refractivity (Wildman–Crippen MR) is 91.2 cm³/mol. The number of anilines is 1. The van der Waals surface area contributed by atoms with Gasteiger partial charge < -0.3 is 15.4 Å². The van der Waals surface area contributed by atoms with Crippen molar-refractivity contribution in [2.24, 2.45) is 5.92 Å². The number of hydrogen-bond acceptors (Lipinski definition) is 3. The second-order valence-electron chi connectivity index (χ2n) is 6.50. The lowest BCUT2D eigenvalue weighted by molar-refractivity contribution is 0.0553. The molecule has 6 heteroatoms. The van der Waals surface area contributed by atoms with E-state index in [4.69, 9.17) is 4.74 Å². The molecule has 0 radical (unpaired) electrons. The normalized spacial score (nSPS) is 25.9. The van der Waals surface area contributed by atoms with Gasteiger partial charge in [0.05, 0.1) is 11.8 Å².